The van der Waals surface area contributed by atoms with E-state index in [-0.39, 0.29) is 5.97 Å². The van der Waals surface area contributed by atoms with Gasteiger partial charge in [0.25, 0.3) is 0 Å². The normalized spacial score (nSPS) is 13.8. The summed E-state index contributed by atoms with van der Waals surface area (Å²) in [5.41, 5.74) is 1.34. The van der Waals surface area contributed by atoms with E-state index < -0.39 is 5.54 Å². The molecule has 1 heterocycles. The molecule has 5 nitrogen and oxygen atoms in total. The molecular formula is C14H23N3O2S. The molecule has 1 aromatic rings. The smallest absolute Gasteiger partial charge is 0.325 e. The predicted molar refractivity (Wildman–Crippen MR) is 80.9 cm³/mol. The predicted octanol–water partition coefficient (Wildman–Crippen LogP) is 2.12. The average Bonchev–Trinajstić information content (AvgIpc) is 2.41. The van der Waals surface area contributed by atoms with Crippen molar-refractivity contribution < 1.29 is 9.53 Å². The number of hydrogen-bond acceptors (Lipinski definition) is 6. The third-order valence-corrected chi connectivity index (χ3v) is 4.14. The van der Waals surface area contributed by atoms with E-state index in [4.69, 9.17) is 4.74 Å². The van der Waals surface area contributed by atoms with Crippen molar-refractivity contribution in [2.75, 3.05) is 19.9 Å². The number of ether oxygens (including phenoxy) is 1. The molecule has 0 saturated heterocycles. The SMILES string of the molecule is CNC(C)(CCCSc1nc(C)cc(C)n1)C(=O)OC. The summed E-state index contributed by atoms with van der Waals surface area (Å²) in [6.45, 7) is 5.79. The van der Waals surface area contributed by atoms with Crippen LogP contribution in [0.3, 0.4) is 0 Å². The van der Waals surface area contributed by atoms with Crippen molar-refractivity contribution in [2.24, 2.45) is 0 Å². The zero-order chi connectivity index (χ0) is 15.2. The Morgan fingerprint density at radius 3 is 2.50 bits per heavy atom. The van der Waals surface area contributed by atoms with E-state index in [1.807, 2.05) is 26.8 Å². The lowest BCUT2D eigenvalue weighted by molar-refractivity contribution is -0.148. The Balaban J connectivity index is 2.46. The molecule has 0 bridgehead atoms. The number of hydrogen-bond donors (Lipinski definition) is 1. The van der Waals surface area contributed by atoms with Gasteiger partial charge in [-0.2, -0.15) is 0 Å². The molecule has 112 valence electrons. The maximum Gasteiger partial charge on any atom is 0.325 e. The van der Waals surface area contributed by atoms with E-state index in [9.17, 15) is 4.79 Å². The van der Waals surface area contributed by atoms with Crippen LogP contribution in [0, 0.1) is 13.8 Å². The van der Waals surface area contributed by atoms with E-state index >= 15 is 0 Å². The van der Waals surface area contributed by atoms with E-state index in [0.717, 1.165) is 28.7 Å². The van der Waals surface area contributed by atoms with Crippen LogP contribution in [0.25, 0.3) is 0 Å². The first-order chi connectivity index (χ1) is 9.41. The highest BCUT2D eigenvalue weighted by Crippen LogP contribution is 2.20. The molecule has 1 unspecified atom stereocenters. The minimum atomic E-state index is -0.626. The third-order valence-electron chi connectivity index (χ3n) is 3.20. The molecule has 20 heavy (non-hydrogen) atoms. The fraction of sp³-hybridized carbons (Fsp3) is 0.643. The average molecular weight is 297 g/mol. The van der Waals surface area contributed by atoms with Crippen molar-refractivity contribution in [1.29, 1.82) is 0 Å². The van der Waals surface area contributed by atoms with E-state index in [2.05, 4.69) is 15.3 Å². The number of likely N-dealkylation sites (N-methyl/N-ethyl adjacent to an activating group) is 1. The van der Waals surface area contributed by atoms with Crippen molar-refractivity contribution in [3.05, 3.63) is 17.5 Å². The van der Waals surface area contributed by atoms with Gasteiger partial charge in [-0.05, 0) is 46.7 Å². The number of aromatic nitrogens is 2. The first-order valence-electron chi connectivity index (χ1n) is 6.63. The van der Waals surface area contributed by atoms with Crippen LogP contribution in [0.4, 0.5) is 0 Å². The highest BCUT2D eigenvalue weighted by molar-refractivity contribution is 7.99. The Kier molecular flexibility index (Phi) is 6.42. The van der Waals surface area contributed by atoms with Gasteiger partial charge in [0, 0.05) is 17.1 Å². The van der Waals surface area contributed by atoms with Gasteiger partial charge in [-0.1, -0.05) is 11.8 Å². The monoisotopic (exact) mass is 297 g/mol. The minimum Gasteiger partial charge on any atom is -0.468 e. The fourth-order valence-electron chi connectivity index (χ4n) is 1.90. The van der Waals surface area contributed by atoms with Gasteiger partial charge in [0.15, 0.2) is 5.16 Å². The molecule has 0 aromatic carbocycles. The van der Waals surface area contributed by atoms with Gasteiger partial charge < -0.3 is 10.1 Å². The summed E-state index contributed by atoms with van der Waals surface area (Å²) in [6, 6.07) is 1.96. The van der Waals surface area contributed by atoms with Crippen LogP contribution in [0.1, 0.15) is 31.2 Å². The lowest BCUT2D eigenvalue weighted by atomic mass is 9.97. The Hall–Kier alpha value is -1.14. The third kappa shape index (κ3) is 4.76. The van der Waals surface area contributed by atoms with E-state index in [1.165, 1.54) is 7.11 Å². The van der Waals surface area contributed by atoms with Crippen LogP contribution >= 0.6 is 11.8 Å². The molecule has 0 saturated carbocycles. The van der Waals surface area contributed by atoms with Gasteiger partial charge >= 0.3 is 5.97 Å². The number of esters is 1. The van der Waals surface area contributed by atoms with Crippen molar-refractivity contribution in [2.45, 2.75) is 44.3 Å². The second-order valence-corrected chi connectivity index (χ2v) is 6.02. The maximum absolute atomic E-state index is 11.7. The second kappa shape index (κ2) is 7.59. The molecule has 1 atom stereocenters. The van der Waals surface area contributed by atoms with Gasteiger partial charge in [-0.25, -0.2) is 9.97 Å². The molecule has 0 aliphatic rings. The van der Waals surface area contributed by atoms with Crippen LogP contribution in [0.15, 0.2) is 11.2 Å². The number of carbonyl (C=O) groups excluding carboxylic acids is 1. The molecular weight excluding hydrogens is 274 g/mol. The summed E-state index contributed by atoms with van der Waals surface area (Å²) in [5, 5.41) is 3.83. The number of nitrogens with one attached hydrogen (secondary N) is 1. The van der Waals surface area contributed by atoms with Crippen LogP contribution in [0.2, 0.25) is 0 Å². The fourth-order valence-corrected chi connectivity index (χ4v) is 2.79. The molecule has 1 aromatic heterocycles. The Morgan fingerprint density at radius 2 is 2.00 bits per heavy atom. The Labute approximate surface area is 124 Å². The van der Waals surface area contributed by atoms with Crippen molar-refractivity contribution >= 4 is 17.7 Å². The van der Waals surface area contributed by atoms with Crippen LogP contribution in [-0.4, -0.2) is 41.4 Å². The van der Waals surface area contributed by atoms with Crippen LogP contribution in [-0.2, 0) is 9.53 Å². The van der Waals surface area contributed by atoms with Crippen molar-refractivity contribution in [3.63, 3.8) is 0 Å². The first kappa shape index (κ1) is 16.9. The Bertz CT molecular complexity index is 447. The lowest BCUT2D eigenvalue weighted by Crippen LogP contribution is -2.48. The van der Waals surface area contributed by atoms with Crippen molar-refractivity contribution in [1.82, 2.24) is 15.3 Å². The molecule has 1 rings (SSSR count). The van der Waals surface area contributed by atoms with Gasteiger partial charge in [0.1, 0.15) is 5.54 Å². The van der Waals surface area contributed by atoms with Gasteiger partial charge in [0.05, 0.1) is 7.11 Å². The zero-order valence-electron chi connectivity index (χ0n) is 12.8. The van der Waals surface area contributed by atoms with Gasteiger partial charge in [0.2, 0.25) is 0 Å². The Morgan fingerprint density at radius 1 is 1.40 bits per heavy atom. The number of methoxy groups -OCH3 is 1. The van der Waals surface area contributed by atoms with Gasteiger partial charge in [-0.15, -0.1) is 0 Å². The second-order valence-electron chi connectivity index (χ2n) is 4.96. The number of aryl methyl sites for hydroxylation is 2. The largest absolute Gasteiger partial charge is 0.468 e. The molecule has 0 amide bonds. The summed E-state index contributed by atoms with van der Waals surface area (Å²) < 4.78 is 4.82. The van der Waals surface area contributed by atoms with Crippen LogP contribution < -0.4 is 5.32 Å². The topological polar surface area (TPSA) is 64.1 Å². The molecule has 0 radical (unpaired) electrons. The molecule has 1 N–H and O–H groups in total. The zero-order valence-corrected chi connectivity index (χ0v) is 13.6. The summed E-state index contributed by atoms with van der Waals surface area (Å²) in [5.74, 6) is 0.643. The first-order valence-corrected chi connectivity index (χ1v) is 7.62. The minimum absolute atomic E-state index is 0.229. The molecule has 0 spiro atoms. The van der Waals surface area contributed by atoms with E-state index in [0.29, 0.717) is 6.42 Å². The van der Waals surface area contributed by atoms with Crippen molar-refractivity contribution in [3.8, 4) is 0 Å². The molecule has 6 heteroatoms. The summed E-state index contributed by atoms with van der Waals surface area (Å²) in [4.78, 5) is 20.5. The maximum atomic E-state index is 11.7. The van der Waals surface area contributed by atoms with Gasteiger partial charge in [-0.3, -0.25) is 4.79 Å². The standard InChI is InChI=1S/C14H23N3O2S/c1-10-9-11(2)17-13(16-10)20-8-6-7-14(3,15-4)12(18)19-5/h9,15H,6-8H2,1-5H3. The van der Waals surface area contributed by atoms with E-state index in [1.54, 1.807) is 18.8 Å². The quantitative estimate of drug-likeness (QED) is 0.360. The highest BCUT2D eigenvalue weighted by atomic mass is 32.2. The molecule has 0 fully saturated rings. The summed E-state index contributed by atoms with van der Waals surface area (Å²) in [7, 11) is 3.19. The lowest BCUT2D eigenvalue weighted by Gasteiger charge is -2.25. The number of rotatable bonds is 7. The summed E-state index contributed by atoms with van der Waals surface area (Å²) in [6.07, 6.45) is 1.60. The molecule has 0 aliphatic carbocycles. The number of carbonyl (C=O) groups is 1. The number of nitrogens with zero attached hydrogens (tertiary/aromatic N) is 2. The highest BCUT2D eigenvalue weighted by Gasteiger charge is 2.31. The molecule has 0 aliphatic heterocycles. The summed E-state index contributed by atoms with van der Waals surface area (Å²) >= 11 is 1.62. The van der Waals surface area contributed by atoms with Crippen LogP contribution in [0.5, 0.6) is 0 Å². The number of thioether (sulfide) groups is 1.